The van der Waals surface area contributed by atoms with Gasteiger partial charge in [-0.15, -0.1) is 0 Å². The molecule has 0 aliphatic heterocycles. The number of hydrogen-bond acceptors (Lipinski definition) is 4. The van der Waals surface area contributed by atoms with E-state index in [1.807, 2.05) is 43.3 Å². The van der Waals surface area contributed by atoms with E-state index in [1.54, 1.807) is 13.0 Å². The Balaban J connectivity index is 2.12. The van der Waals surface area contributed by atoms with Gasteiger partial charge >= 0.3 is 5.97 Å². The number of nitrogens with zero attached hydrogens (tertiary/aromatic N) is 3. The van der Waals surface area contributed by atoms with Crippen molar-refractivity contribution < 1.29 is 14.7 Å². The highest BCUT2D eigenvalue weighted by Gasteiger charge is 2.39. The quantitative estimate of drug-likeness (QED) is 0.913. The first kappa shape index (κ1) is 16.2. The van der Waals surface area contributed by atoms with E-state index in [-0.39, 0.29) is 11.9 Å². The van der Waals surface area contributed by atoms with Crippen molar-refractivity contribution in [2.75, 3.05) is 19.0 Å². The summed E-state index contributed by atoms with van der Waals surface area (Å²) in [4.78, 5) is 32.5. The van der Waals surface area contributed by atoms with E-state index in [0.29, 0.717) is 11.4 Å². The summed E-state index contributed by atoms with van der Waals surface area (Å²) in [6, 6.07) is 8.36. The summed E-state index contributed by atoms with van der Waals surface area (Å²) in [5, 5.41) is 10.1. The fourth-order valence-corrected chi connectivity index (χ4v) is 2.84. The number of carboxylic acids is 1. The van der Waals surface area contributed by atoms with E-state index < -0.39 is 12.0 Å². The standard InChI is InChI=1S/C18H21N3O3/c1-11(18(23)24)21(12-8-9-12)17(22)14-10-16(20(2)3)19-15-7-5-4-6-13(14)15/h4-7,10-12H,8-9H2,1-3H3,(H,23,24). The molecular weight excluding hydrogens is 306 g/mol. The van der Waals surface area contributed by atoms with Crippen molar-refractivity contribution in [2.45, 2.75) is 31.8 Å². The van der Waals surface area contributed by atoms with E-state index in [2.05, 4.69) is 4.98 Å². The van der Waals surface area contributed by atoms with E-state index in [4.69, 9.17) is 0 Å². The molecule has 1 saturated carbocycles. The first-order valence-electron chi connectivity index (χ1n) is 8.02. The van der Waals surface area contributed by atoms with Crippen LogP contribution in [0.25, 0.3) is 10.9 Å². The van der Waals surface area contributed by atoms with Crippen molar-refractivity contribution in [2.24, 2.45) is 0 Å². The van der Waals surface area contributed by atoms with E-state index >= 15 is 0 Å². The molecule has 126 valence electrons. The molecule has 0 bridgehead atoms. The summed E-state index contributed by atoms with van der Waals surface area (Å²) in [7, 11) is 3.73. The van der Waals surface area contributed by atoms with Gasteiger partial charge in [0.05, 0.1) is 11.1 Å². The molecule has 0 spiro atoms. The lowest BCUT2D eigenvalue weighted by Gasteiger charge is -2.27. The second-order valence-corrected chi connectivity index (χ2v) is 6.40. The number of fused-ring (bicyclic) bond motifs is 1. The molecule has 1 unspecified atom stereocenters. The Kier molecular flexibility index (Phi) is 4.13. The van der Waals surface area contributed by atoms with Gasteiger partial charge in [0.25, 0.3) is 5.91 Å². The van der Waals surface area contributed by atoms with Gasteiger partial charge in [0, 0.05) is 25.5 Å². The van der Waals surface area contributed by atoms with E-state index in [0.717, 1.165) is 23.7 Å². The highest BCUT2D eigenvalue weighted by molar-refractivity contribution is 6.08. The Morgan fingerprint density at radius 3 is 2.50 bits per heavy atom. The molecule has 6 heteroatoms. The number of carboxylic acid groups (broad SMARTS) is 1. The van der Waals surface area contributed by atoms with Crippen molar-refractivity contribution in [1.29, 1.82) is 0 Å². The van der Waals surface area contributed by atoms with Gasteiger partial charge in [-0.05, 0) is 31.9 Å². The first-order valence-corrected chi connectivity index (χ1v) is 8.02. The number of aliphatic carboxylic acids is 1. The number of pyridine rings is 1. The van der Waals surface area contributed by atoms with Crippen LogP contribution in [-0.4, -0.2) is 53.0 Å². The molecule has 1 fully saturated rings. The Labute approximate surface area is 140 Å². The molecule has 1 N–H and O–H groups in total. The van der Waals surface area contributed by atoms with Crippen LogP contribution in [0.1, 0.15) is 30.1 Å². The van der Waals surface area contributed by atoms with Crippen molar-refractivity contribution in [3.63, 3.8) is 0 Å². The lowest BCUT2D eigenvalue weighted by atomic mass is 10.1. The molecule has 3 rings (SSSR count). The molecule has 0 saturated heterocycles. The maximum absolute atomic E-state index is 13.2. The number of anilines is 1. The first-order chi connectivity index (χ1) is 11.4. The molecule has 1 amide bonds. The summed E-state index contributed by atoms with van der Waals surface area (Å²) in [6.45, 7) is 1.56. The number of aromatic nitrogens is 1. The van der Waals surface area contributed by atoms with Gasteiger partial charge in [0.2, 0.25) is 0 Å². The molecular formula is C18H21N3O3. The SMILES string of the molecule is CC(C(=O)O)N(C(=O)c1cc(N(C)C)nc2ccccc12)C1CC1. The lowest BCUT2D eigenvalue weighted by molar-refractivity contribution is -0.141. The zero-order chi connectivity index (χ0) is 17.4. The predicted octanol–water partition coefficient (Wildman–Crippen LogP) is 2.38. The van der Waals surface area contributed by atoms with Crippen LogP contribution in [0.3, 0.4) is 0 Å². The van der Waals surface area contributed by atoms with E-state index in [1.165, 1.54) is 4.90 Å². The van der Waals surface area contributed by atoms with Crippen LogP contribution < -0.4 is 4.90 Å². The van der Waals surface area contributed by atoms with Crippen LogP contribution in [0.5, 0.6) is 0 Å². The Hall–Kier alpha value is -2.63. The molecule has 1 aliphatic rings. The third-order valence-electron chi connectivity index (χ3n) is 4.34. The van der Waals surface area contributed by atoms with Crippen LogP contribution in [0.15, 0.2) is 30.3 Å². The van der Waals surface area contributed by atoms with Crippen LogP contribution in [-0.2, 0) is 4.79 Å². The average Bonchev–Trinajstić information content (AvgIpc) is 3.38. The summed E-state index contributed by atoms with van der Waals surface area (Å²) >= 11 is 0. The number of carbonyl (C=O) groups is 2. The molecule has 0 radical (unpaired) electrons. The van der Waals surface area contributed by atoms with Gasteiger partial charge in [0.15, 0.2) is 0 Å². The van der Waals surface area contributed by atoms with Crippen LogP contribution in [0.2, 0.25) is 0 Å². The number of rotatable bonds is 5. The summed E-state index contributed by atoms with van der Waals surface area (Å²) in [5.74, 6) is -0.550. The molecule has 1 aromatic heterocycles. The largest absolute Gasteiger partial charge is 0.480 e. The Bertz CT molecular complexity index is 799. The summed E-state index contributed by atoms with van der Waals surface area (Å²) in [6.07, 6.45) is 1.71. The smallest absolute Gasteiger partial charge is 0.326 e. The van der Waals surface area contributed by atoms with E-state index in [9.17, 15) is 14.7 Å². The highest BCUT2D eigenvalue weighted by Crippen LogP contribution is 2.32. The number of amides is 1. The number of carbonyl (C=O) groups excluding carboxylic acids is 1. The third-order valence-corrected chi connectivity index (χ3v) is 4.34. The van der Waals surface area contributed by atoms with Gasteiger partial charge in [-0.2, -0.15) is 0 Å². The minimum Gasteiger partial charge on any atom is -0.480 e. The fraction of sp³-hybridized carbons (Fsp3) is 0.389. The van der Waals surface area contributed by atoms with Gasteiger partial charge in [0.1, 0.15) is 11.9 Å². The van der Waals surface area contributed by atoms with Crippen molar-refractivity contribution >= 4 is 28.6 Å². The molecule has 1 aliphatic carbocycles. The minimum absolute atomic E-state index is 0.0123. The van der Waals surface area contributed by atoms with Crippen LogP contribution in [0.4, 0.5) is 5.82 Å². The normalized spacial score (nSPS) is 15.1. The zero-order valence-electron chi connectivity index (χ0n) is 14.1. The van der Waals surface area contributed by atoms with Gasteiger partial charge in [-0.1, -0.05) is 18.2 Å². The van der Waals surface area contributed by atoms with Crippen molar-refractivity contribution in [3.05, 3.63) is 35.9 Å². The Morgan fingerprint density at radius 2 is 1.92 bits per heavy atom. The average molecular weight is 327 g/mol. The van der Waals surface area contributed by atoms with Crippen molar-refractivity contribution in [3.8, 4) is 0 Å². The van der Waals surface area contributed by atoms with Crippen LogP contribution in [0, 0.1) is 0 Å². The third kappa shape index (κ3) is 2.91. The molecule has 1 heterocycles. The van der Waals surface area contributed by atoms with Gasteiger partial charge in [-0.25, -0.2) is 9.78 Å². The zero-order valence-corrected chi connectivity index (χ0v) is 14.1. The predicted molar refractivity (Wildman–Crippen MR) is 92.4 cm³/mol. The molecule has 1 aromatic carbocycles. The fourth-order valence-electron chi connectivity index (χ4n) is 2.84. The Morgan fingerprint density at radius 1 is 1.25 bits per heavy atom. The van der Waals surface area contributed by atoms with Crippen molar-refractivity contribution in [1.82, 2.24) is 9.88 Å². The molecule has 24 heavy (non-hydrogen) atoms. The molecule has 1 atom stereocenters. The van der Waals surface area contributed by atoms with Gasteiger partial charge in [-0.3, -0.25) is 4.79 Å². The maximum atomic E-state index is 13.2. The monoisotopic (exact) mass is 327 g/mol. The topological polar surface area (TPSA) is 73.7 Å². The van der Waals surface area contributed by atoms with Gasteiger partial charge < -0.3 is 14.9 Å². The second-order valence-electron chi connectivity index (χ2n) is 6.40. The number of hydrogen-bond donors (Lipinski definition) is 1. The molecule has 2 aromatic rings. The van der Waals surface area contributed by atoms with Crippen LogP contribution >= 0.6 is 0 Å². The number of para-hydroxylation sites is 1. The number of benzene rings is 1. The molecule has 6 nitrogen and oxygen atoms in total. The maximum Gasteiger partial charge on any atom is 0.326 e. The lowest BCUT2D eigenvalue weighted by Crippen LogP contribution is -2.44. The second kappa shape index (κ2) is 6.11. The highest BCUT2D eigenvalue weighted by atomic mass is 16.4. The summed E-state index contributed by atoms with van der Waals surface area (Å²) < 4.78 is 0. The minimum atomic E-state index is -0.985. The summed E-state index contributed by atoms with van der Waals surface area (Å²) in [5.41, 5.74) is 1.23.